The molecule has 0 aromatic heterocycles. The van der Waals surface area contributed by atoms with Crippen LogP contribution in [0.25, 0.3) is 11.1 Å². The molecule has 0 bridgehead atoms. The number of nitrogens with one attached hydrogen (secondary N) is 3. The first-order chi connectivity index (χ1) is 21.5. The third-order valence-electron chi connectivity index (χ3n) is 7.55. The monoisotopic (exact) mass is 638 g/mol. The molecule has 240 valence electrons. The molecule has 13 heteroatoms. The number of rotatable bonds is 12. The van der Waals surface area contributed by atoms with Gasteiger partial charge in [-0.15, -0.1) is 0 Å². The van der Waals surface area contributed by atoms with Gasteiger partial charge in [0.05, 0.1) is 38.0 Å². The molecule has 0 unspecified atom stereocenters. The van der Waals surface area contributed by atoms with Crippen molar-refractivity contribution in [3.8, 4) is 28.4 Å². The molecule has 0 saturated heterocycles. The van der Waals surface area contributed by atoms with Crippen molar-refractivity contribution in [2.45, 2.75) is 50.1 Å². The van der Waals surface area contributed by atoms with E-state index in [0.717, 1.165) is 22.3 Å². The molecule has 45 heavy (non-hydrogen) atoms. The first kappa shape index (κ1) is 33.3. The highest BCUT2D eigenvalue weighted by molar-refractivity contribution is 7.89. The van der Waals surface area contributed by atoms with Crippen molar-refractivity contribution in [1.82, 2.24) is 10.6 Å². The third kappa shape index (κ3) is 7.91. The van der Waals surface area contributed by atoms with Gasteiger partial charge in [-0.1, -0.05) is 18.2 Å². The minimum atomic E-state index is -3.78. The number of hydrogen-bond donors (Lipinski definition) is 4. The van der Waals surface area contributed by atoms with Gasteiger partial charge in [-0.05, 0) is 71.8 Å². The van der Waals surface area contributed by atoms with Crippen LogP contribution in [0.2, 0.25) is 0 Å². The van der Waals surface area contributed by atoms with Crippen LogP contribution in [-0.4, -0.2) is 48.1 Å². The van der Waals surface area contributed by atoms with Crippen LogP contribution in [0.5, 0.6) is 17.2 Å². The zero-order valence-corrected chi connectivity index (χ0v) is 26.5. The van der Waals surface area contributed by atoms with Crippen molar-refractivity contribution in [2.24, 2.45) is 5.14 Å². The van der Waals surface area contributed by atoms with E-state index in [1.807, 2.05) is 12.1 Å². The molecule has 1 aliphatic carbocycles. The molecule has 0 spiro atoms. The van der Waals surface area contributed by atoms with Gasteiger partial charge in [-0.2, -0.15) is 0 Å². The zero-order chi connectivity index (χ0) is 32.7. The SMILES string of the molecule is COc1cc2c(c(OC)c1OC)-c1ccc(NCCCC(=O)NCc3ccc(S(N)(=O)=O)cc3)c(=O)cc1[C@@H](NC(C)=O)CC2. The van der Waals surface area contributed by atoms with E-state index in [-0.39, 0.29) is 35.1 Å². The summed E-state index contributed by atoms with van der Waals surface area (Å²) in [5.41, 5.74) is 3.88. The zero-order valence-electron chi connectivity index (χ0n) is 25.7. The predicted molar refractivity (Wildman–Crippen MR) is 170 cm³/mol. The van der Waals surface area contributed by atoms with Crippen LogP contribution in [0, 0.1) is 0 Å². The molecular formula is C32H38N4O8S. The van der Waals surface area contributed by atoms with Gasteiger partial charge in [0.2, 0.25) is 33.0 Å². The number of nitrogens with two attached hydrogens (primary N) is 1. The fourth-order valence-electron chi connectivity index (χ4n) is 5.41. The maximum atomic E-state index is 13.4. The second-order valence-corrected chi connectivity index (χ2v) is 12.2. The Morgan fingerprint density at radius 3 is 2.31 bits per heavy atom. The van der Waals surface area contributed by atoms with Crippen LogP contribution in [0.1, 0.15) is 48.9 Å². The Bertz CT molecular complexity index is 1740. The van der Waals surface area contributed by atoms with Gasteiger partial charge in [0, 0.05) is 32.0 Å². The molecule has 0 aliphatic heterocycles. The van der Waals surface area contributed by atoms with Crippen LogP contribution in [0.15, 0.2) is 58.2 Å². The van der Waals surface area contributed by atoms with Crippen molar-refractivity contribution >= 4 is 27.5 Å². The normalized spacial score (nSPS) is 13.8. The Hall–Kier alpha value is -4.62. The van der Waals surface area contributed by atoms with Crippen LogP contribution in [-0.2, 0) is 32.6 Å². The van der Waals surface area contributed by atoms with Crippen molar-refractivity contribution in [3.05, 3.63) is 75.4 Å². The summed E-state index contributed by atoms with van der Waals surface area (Å²) >= 11 is 0. The summed E-state index contributed by atoms with van der Waals surface area (Å²) in [5.74, 6) is 1.01. The van der Waals surface area contributed by atoms with Crippen LogP contribution >= 0.6 is 0 Å². The molecule has 0 saturated carbocycles. The molecular weight excluding hydrogens is 600 g/mol. The molecule has 0 radical (unpaired) electrons. The minimum absolute atomic E-state index is 0.000974. The van der Waals surface area contributed by atoms with Crippen molar-refractivity contribution in [3.63, 3.8) is 0 Å². The van der Waals surface area contributed by atoms with E-state index in [9.17, 15) is 22.8 Å². The van der Waals surface area contributed by atoms with Gasteiger partial charge >= 0.3 is 0 Å². The fraction of sp³-hybridized carbons (Fsp3) is 0.344. The van der Waals surface area contributed by atoms with Crippen molar-refractivity contribution in [1.29, 1.82) is 0 Å². The molecule has 1 atom stereocenters. The minimum Gasteiger partial charge on any atom is -0.493 e. The molecule has 5 N–H and O–H groups in total. The number of ether oxygens (including phenoxy) is 3. The summed E-state index contributed by atoms with van der Waals surface area (Å²) in [4.78, 5) is 38.0. The molecule has 4 rings (SSSR count). The number of methoxy groups -OCH3 is 3. The fourth-order valence-corrected chi connectivity index (χ4v) is 5.93. The number of carbonyl (C=O) groups excluding carboxylic acids is 2. The lowest BCUT2D eigenvalue weighted by Crippen LogP contribution is -2.26. The summed E-state index contributed by atoms with van der Waals surface area (Å²) in [6, 6.07) is 12.5. The molecule has 0 heterocycles. The molecule has 1 aliphatic rings. The van der Waals surface area contributed by atoms with E-state index in [4.69, 9.17) is 19.3 Å². The molecule has 3 aromatic carbocycles. The van der Waals surface area contributed by atoms with Crippen LogP contribution in [0.4, 0.5) is 5.69 Å². The molecule has 2 amide bonds. The van der Waals surface area contributed by atoms with Crippen LogP contribution < -0.4 is 40.7 Å². The summed E-state index contributed by atoms with van der Waals surface area (Å²) in [5, 5.41) is 14.0. The number of anilines is 1. The van der Waals surface area contributed by atoms with Crippen molar-refractivity contribution < 1.29 is 32.2 Å². The first-order valence-corrected chi connectivity index (χ1v) is 15.9. The third-order valence-corrected chi connectivity index (χ3v) is 8.48. The maximum absolute atomic E-state index is 13.4. The number of fused-ring (bicyclic) bond motifs is 3. The Morgan fingerprint density at radius 2 is 1.69 bits per heavy atom. The number of amides is 2. The number of aryl methyl sites for hydroxylation is 1. The largest absolute Gasteiger partial charge is 0.493 e. The van der Waals surface area contributed by atoms with E-state index >= 15 is 0 Å². The Kier molecular flexibility index (Phi) is 10.7. The molecule has 0 fully saturated rings. The van der Waals surface area contributed by atoms with E-state index < -0.39 is 16.1 Å². The van der Waals surface area contributed by atoms with E-state index in [1.165, 1.54) is 32.2 Å². The lowest BCUT2D eigenvalue weighted by Gasteiger charge is -2.19. The van der Waals surface area contributed by atoms with E-state index in [1.54, 1.807) is 32.4 Å². The molecule has 3 aromatic rings. The second kappa shape index (κ2) is 14.4. The van der Waals surface area contributed by atoms with Crippen LogP contribution in [0.3, 0.4) is 0 Å². The Balaban J connectivity index is 1.52. The second-order valence-electron chi connectivity index (χ2n) is 10.6. The van der Waals surface area contributed by atoms with Gasteiger partial charge in [0.25, 0.3) is 0 Å². The summed E-state index contributed by atoms with van der Waals surface area (Å²) in [6.07, 6.45) is 1.81. The Labute approximate surface area is 262 Å². The predicted octanol–water partition coefficient (Wildman–Crippen LogP) is 3.02. The highest BCUT2D eigenvalue weighted by Gasteiger charge is 2.29. The Morgan fingerprint density at radius 1 is 0.978 bits per heavy atom. The number of hydrogen-bond acceptors (Lipinski definition) is 9. The van der Waals surface area contributed by atoms with Gasteiger partial charge in [0.15, 0.2) is 11.5 Å². The van der Waals surface area contributed by atoms with Gasteiger partial charge < -0.3 is 30.2 Å². The van der Waals surface area contributed by atoms with Crippen molar-refractivity contribution in [2.75, 3.05) is 33.2 Å². The number of carbonyl (C=O) groups is 2. The summed E-state index contributed by atoms with van der Waals surface area (Å²) in [6.45, 7) is 2.04. The number of primary sulfonamides is 1. The quantitative estimate of drug-likeness (QED) is 0.217. The van der Waals surface area contributed by atoms with Gasteiger partial charge in [0.1, 0.15) is 0 Å². The number of benzene rings is 2. The first-order valence-electron chi connectivity index (χ1n) is 14.4. The average Bonchev–Trinajstić information content (AvgIpc) is 3.25. The van der Waals surface area contributed by atoms with E-state index in [2.05, 4.69) is 16.0 Å². The van der Waals surface area contributed by atoms with Gasteiger partial charge in [-0.25, -0.2) is 13.6 Å². The topological polar surface area (TPSA) is 175 Å². The molecule has 12 nitrogen and oxygen atoms in total. The highest BCUT2D eigenvalue weighted by Crippen LogP contribution is 2.50. The van der Waals surface area contributed by atoms with E-state index in [0.29, 0.717) is 54.3 Å². The lowest BCUT2D eigenvalue weighted by atomic mass is 9.95. The highest BCUT2D eigenvalue weighted by atomic mass is 32.2. The number of sulfonamides is 1. The summed E-state index contributed by atoms with van der Waals surface area (Å²) < 4.78 is 39.8. The summed E-state index contributed by atoms with van der Waals surface area (Å²) in [7, 11) is 0.846. The smallest absolute Gasteiger partial charge is 0.238 e. The van der Waals surface area contributed by atoms with Gasteiger partial charge in [-0.3, -0.25) is 14.4 Å². The average molecular weight is 639 g/mol. The lowest BCUT2D eigenvalue weighted by molar-refractivity contribution is -0.121. The maximum Gasteiger partial charge on any atom is 0.238 e. The standard InChI is InChI=1S/C32H38N4O8S/c1-19(37)36-25-13-9-21-16-28(42-2)31(43-3)32(44-4)30(21)23-12-14-26(27(38)17-24(23)25)34-15-5-6-29(39)35-18-20-7-10-22(11-8-20)45(33,40)41/h7-8,10-12,14,16-17,25H,5-6,9,13,15,18H2,1-4H3,(H,34,38)(H,35,39)(H,36,37)(H2,33,40,41)/t25-/m0/s1.